The Hall–Kier alpha value is -1.40. The van der Waals surface area contributed by atoms with Crippen molar-refractivity contribution in [1.82, 2.24) is 0 Å². The lowest BCUT2D eigenvalue weighted by atomic mass is 10.2. The number of amides is 1. The van der Waals surface area contributed by atoms with Crippen LogP contribution in [0.2, 0.25) is 0 Å². The van der Waals surface area contributed by atoms with E-state index in [4.69, 9.17) is 5.73 Å². The van der Waals surface area contributed by atoms with E-state index in [9.17, 15) is 9.18 Å². The first kappa shape index (κ1) is 14.0. The number of carbonyl (C=O) groups excluding carboxylic acids is 1. The van der Waals surface area contributed by atoms with Crippen LogP contribution in [0.3, 0.4) is 0 Å². The molecule has 0 radical (unpaired) electrons. The average molecular weight is 388 g/mol. The highest BCUT2D eigenvalue weighted by atomic mass is 79.9. The molecule has 0 bridgehead atoms. The van der Waals surface area contributed by atoms with Crippen LogP contribution in [0.1, 0.15) is 10.4 Å². The van der Waals surface area contributed by atoms with Gasteiger partial charge in [0.15, 0.2) is 0 Å². The number of nitrogens with two attached hydrogens (primary N) is 1. The van der Waals surface area contributed by atoms with E-state index >= 15 is 0 Å². The lowest BCUT2D eigenvalue weighted by molar-refractivity contribution is 0.102. The molecule has 3 nitrogen and oxygen atoms in total. The zero-order valence-electron chi connectivity index (χ0n) is 9.58. The van der Waals surface area contributed by atoms with Crippen LogP contribution in [0, 0.1) is 5.82 Å². The molecule has 0 saturated heterocycles. The molecule has 2 aromatic carbocycles. The maximum absolute atomic E-state index is 12.9. The van der Waals surface area contributed by atoms with Crippen LogP contribution in [0.5, 0.6) is 0 Å². The summed E-state index contributed by atoms with van der Waals surface area (Å²) in [7, 11) is 0. The molecule has 98 valence electrons. The van der Waals surface area contributed by atoms with Gasteiger partial charge in [-0.1, -0.05) is 0 Å². The Kier molecular flexibility index (Phi) is 4.21. The smallest absolute Gasteiger partial charge is 0.255 e. The second kappa shape index (κ2) is 5.71. The molecule has 2 aromatic rings. The fourth-order valence-corrected chi connectivity index (χ4v) is 2.28. The Morgan fingerprint density at radius 2 is 1.84 bits per heavy atom. The summed E-state index contributed by atoms with van der Waals surface area (Å²) in [5.74, 6) is -0.673. The third-order valence-electron chi connectivity index (χ3n) is 2.44. The van der Waals surface area contributed by atoms with Gasteiger partial charge in [-0.3, -0.25) is 4.79 Å². The van der Waals surface area contributed by atoms with E-state index in [-0.39, 0.29) is 11.7 Å². The van der Waals surface area contributed by atoms with Gasteiger partial charge in [-0.15, -0.1) is 0 Å². The van der Waals surface area contributed by atoms with Crippen molar-refractivity contribution in [3.8, 4) is 0 Å². The number of anilines is 2. The van der Waals surface area contributed by atoms with Gasteiger partial charge in [-0.05, 0) is 68.3 Å². The molecular formula is C13H9Br2FN2O. The standard InChI is InChI=1S/C13H9Br2FN2O/c14-9-5-7(1-3-11(9)17)13(19)18-12-4-2-8(16)6-10(12)15/h1-6H,17H2,(H,18,19). The summed E-state index contributed by atoms with van der Waals surface area (Å²) in [4.78, 5) is 12.0. The van der Waals surface area contributed by atoms with Crippen LogP contribution in [0.25, 0.3) is 0 Å². The minimum Gasteiger partial charge on any atom is -0.398 e. The molecule has 0 unspecified atom stereocenters. The van der Waals surface area contributed by atoms with Crippen LogP contribution in [0.15, 0.2) is 45.3 Å². The summed E-state index contributed by atoms with van der Waals surface area (Å²) >= 11 is 6.45. The molecule has 2 rings (SSSR count). The van der Waals surface area contributed by atoms with Crippen LogP contribution >= 0.6 is 31.9 Å². The molecule has 19 heavy (non-hydrogen) atoms. The lowest BCUT2D eigenvalue weighted by Crippen LogP contribution is -2.12. The van der Waals surface area contributed by atoms with E-state index in [1.807, 2.05) is 0 Å². The first-order valence-corrected chi connectivity index (χ1v) is 6.87. The van der Waals surface area contributed by atoms with Crippen molar-refractivity contribution in [2.45, 2.75) is 0 Å². The molecule has 0 spiro atoms. The molecule has 0 aromatic heterocycles. The van der Waals surface area contributed by atoms with Crippen molar-refractivity contribution in [3.63, 3.8) is 0 Å². The Balaban J connectivity index is 2.23. The van der Waals surface area contributed by atoms with Gasteiger partial charge in [0, 0.05) is 20.2 Å². The number of hydrogen-bond donors (Lipinski definition) is 2. The van der Waals surface area contributed by atoms with Crippen LogP contribution < -0.4 is 11.1 Å². The molecule has 0 heterocycles. The Morgan fingerprint density at radius 3 is 2.47 bits per heavy atom. The normalized spacial score (nSPS) is 10.3. The van der Waals surface area contributed by atoms with Crippen LogP contribution in [0.4, 0.5) is 15.8 Å². The maximum atomic E-state index is 12.9. The molecule has 0 atom stereocenters. The summed E-state index contributed by atoms with van der Waals surface area (Å²) in [6.45, 7) is 0. The highest BCUT2D eigenvalue weighted by Crippen LogP contribution is 2.25. The number of nitrogen functional groups attached to an aromatic ring is 1. The fourth-order valence-electron chi connectivity index (χ4n) is 1.45. The summed E-state index contributed by atoms with van der Waals surface area (Å²) < 4.78 is 14.1. The monoisotopic (exact) mass is 386 g/mol. The molecule has 0 aliphatic carbocycles. The number of halogens is 3. The van der Waals surface area contributed by atoms with E-state index in [2.05, 4.69) is 37.2 Å². The molecule has 0 fully saturated rings. The Morgan fingerprint density at radius 1 is 1.11 bits per heavy atom. The minimum atomic E-state index is -0.375. The molecule has 0 aliphatic rings. The molecule has 0 aliphatic heterocycles. The average Bonchev–Trinajstić information content (AvgIpc) is 2.36. The molecular weight excluding hydrogens is 379 g/mol. The van der Waals surface area contributed by atoms with E-state index < -0.39 is 0 Å². The van der Waals surface area contributed by atoms with Crippen LogP contribution in [-0.2, 0) is 0 Å². The van der Waals surface area contributed by atoms with Gasteiger partial charge in [0.25, 0.3) is 5.91 Å². The largest absolute Gasteiger partial charge is 0.398 e. The number of rotatable bonds is 2. The summed E-state index contributed by atoms with van der Waals surface area (Å²) in [5, 5.41) is 2.69. The Labute approximate surface area is 126 Å². The first-order valence-electron chi connectivity index (χ1n) is 5.29. The summed E-state index contributed by atoms with van der Waals surface area (Å²) in [6.07, 6.45) is 0. The second-order valence-electron chi connectivity index (χ2n) is 3.81. The van der Waals surface area contributed by atoms with Crippen molar-refractivity contribution < 1.29 is 9.18 Å². The highest BCUT2D eigenvalue weighted by molar-refractivity contribution is 9.11. The third kappa shape index (κ3) is 3.33. The SMILES string of the molecule is Nc1ccc(C(=O)Nc2ccc(F)cc2Br)cc1Br. The molecule has 6 heteroatoms. The van der Waals surface area contributed by atoms with E-state index in [0.29, 0.717) is 25.9 Å². The highest BCUT2D eigenvalue weighted by Gasteiger charge is 2.10. The fraction of sp³-hybridized carbons (Fsp3) is 0. The van der Waals surface area contributed by atoms with Crippen molar-refractivity contribution in [2.24, 2.45) is 0 Å². The van der Waals surface area contributed by atoms with Crippen molar-refractivity contribution in [2.75, 3.05) is 11.1 Å². The molecule has 0 saturated carbocycles. The van der Waals surface area contributed by atoms with Gasteiger partial charge in [0.1, 0.15) is 5.82 Å². The minimum absolute atomic E-state index is 0.298. The number of hydrogen-bond acceptors (Lipinski definition) is 2. The quantitative estimate of drug-likeness (QED) is 0.759. The van der Waals surface area contributed by atoms with Crippen molar-refractivity contribution in [1.29, 1.82) is 0 Å². The van der Waals surface area contributed by atoms with Gasteiger partial charge < -0.3 is 11.1 Å². The van der Waals surface area contributed by atoms with E-state index in [0.717, 1.165) is 0 Å². The topological polar surface area (TPSA) is 55.1 Å². The number of nitrogens with one attached hydrogen (secondary N) is 1. The van der Waals surface area contributed by atoms with Gasteiger partial charge in [-0.2, -0.15) is 0 Å². The number of benzene rings is 2. The van der Waals surface area contributed by atoms with E-state index in [1.165, 1.54) is 18.2 Å². The first-order chi connectivity index (χ1) is 8.97. The molecule has 1 amide bonds. The van der Waals surface area contributed by atoms with Crippen molar-refractivity contribution in [3.05, 3.63) is 56.7 Å². The second-order valence-corrected chi connectivity index (χ2v) is 5.52. The summed E-state index contributed by atoms with van der Waals surface area (Å²) in [5.41, 5.74) is 7.16. The van der Waals surface area contributed by atoms with Crippen LogP contribution in [-0.4, -0.2) is 5.91 Å². The third-order valence-corrected chi connectivity index (χ3v) is 3.78. The van der Waals surface area contributed by atoms with Gasteiger partial charge in [0.2, 0.25) is 0 Å². The zero-order chi connectivity index (χ0) is 14.0. The van der Waals surface area contributed by atoms with Crippen molar-refractivity contribution >= 4 is 49.1 Å². The predicted octanol–water partition coefficient (Wildman–Crippen LogP) is 4.19. The zero-order valence-corrected chi connectivity index (χ0v) is 12.8. The van der Waals surface area contributed by atoms with E-state index in [1.54, 1.807) is 18.2 Å². The van der Waals surface area contributed by atoms with Gasteiger partial charge in [-0.25, -0.2) is 4.39 Å². The van der Waals surface area contributed by atoms with Gasteiger partial charge >= 0.3 is 0 Å². The Bertz CT molecular complexity index is 647. The molecule has 3 N–H and O–H groups in total. The predicted molar refractivity (Wildman–Crippen MR) is 80.6 cm³/mol. The summed E-state index contributed by atoms with van der Waals surface area (Å²) in [6, 6.07) is 8.94. The van der Waals surface area contributed by atoms with Gasteiger partial charge in [0.05, 0.1) is 5.69 Å². The lowest BCUT2D eigenvalue weighted by Gasteiger charge is -2.08. The maximum Gasteiger partial charge on any atom is 0.255 e. The number of carbonyl (C=O) groups is 1.